The SMILES string of the molecule is C[Si](C)(C)C#CC1(O)c2cccc(Cl)c2Cc2c(Cl)cccc21. The van der Waals surface area contributed by atoms with Gasteiger partial charge in [0.25, 0.3) is 0 Å². The predicted octanol–water partition coefficient (Wildman–Crippen LogP) is 5.01. The Labute approximate surface area is 148 Å². The maximum absolute atomic E-state index is 11.5. The smallest absolute Gasteiger partial charge is 0.176 e. The normalized spacial score (nSPS) is 15.2. The van der Waals surface area contributed by atoms with E-state index in [4.69, 9.17) is 23.2 Å². The van der Waals surface area contributed by atoms with Gasteiger partial charge in [-0.3, -0.25) is 0 Å². The Balaban J connectivity index is 2.33. The summed E-state index contributed by atoms with van der Waals surface area (Å²) in [5.74, 6) is 3.15. The van der Waals surface area contributed by atoms with Crippen LogP contribution in [0.2, 0.25) is 29.7 Å². The predicted molar refractivity (Wildman–Crippen MR) is 99.8 cm³/mol. The van der Waals surface area contributed by atoms with Crippen molar-refractivity contribution in [2.75, 3.05) is 0 Å². The van der Waals surface area contributed by atoms with E-state index in [0.29, 0.717) is 16.5 Å². The fraction of sp³-hybridized carbons (Fsp3) is 0.263. The highest BCUT2D eigenvalue weighted by molar-refractivity contribution is 6.83. The molecule has 0 aliphatic heterocycles. The summed E-state index contributed by atoms with van der Waals surface area (Å²) < 4.78 is 0. The zero-order valence-corrected chi connectivity index (χ0v) is 15.9. The summed E-state index contributed by atoms with van der Waals surface area (Å²) in [7, 11) is -1.64. The van der Waals surface area contributed by atoms with Crippen molar-refractivity contribution in [3.8, 4) is 11.5 Å². The van der Waals surface area contributed by atoms with E-state index in [1.165, 1.54) is 0 Å². The van der Waals surface area contributed by atoms with E-state index in [0.717, 1.165) is 22.3 Å². The topological polar surface area (TPSA) is 20.2 Å². The van der Waals surface area contributed by atoms with Gasteiger partial charge in [-0.2, -0.15) is 0 Å². The van der Waals surface area contributed by atoms with Crippen LogP contribution in [0.15, 0.2) is 36.4 Å². The lowest BCUT2D eigenvalue weighted by molar-refractivity contribution is 0.141. The van der Waals surface area contributed by atoms with Crippen LogP contribution in [-0.4, -0.2) is 13.2 Å². The summed E-state index contributed by atoms with van der Waals surface area (Å²) in [6, 6.07) is 11.2. The molecular weight excluding hydrogens is 343 g/mol. The Bertz CT molecular complexity index is 789. The molecule has 0 fully saturated rings. The van der Waals surface area contributed by atoms with Crippen molar-refractivity contribution in [1.82, 2.24) is 0 Å². The van der Waals surface area contributed by atoms with Crippen LogP contribution < -0.4 is 0 Å². The van der Waals surface area contributed by atoms with Crippen LogP contribution in [0.3, 0.4) is 0 Å². The monoisotopic (exact) mass is 360 g/mol. The molecule has 1 N–H and O–H groups in total. The van der Waals surface area contributed by atoms with Crippen molar-refractivity contribution in [3.63, 3.8) is 0 Å². The molecule has 118 valence electrons. The van der Waals surface area contributed by atoms with Gasteiger partial charge >= 0.3 is 0 Å². The molecule has 0 saturated heterocycles. The third-order valence-corrected chi connectivity index (χ3v) is 5.57. The number of hydrogen-bond donors (Lipinski definition) is 1. The summed E-state index contributed by atoms with van der Waals surface area (Å²) in [5.41, 5.74) is 5.29. The summed E-state index contributed by atoms with van der Waals surface area (Å²) in [6.45, 7) is 6.47. The fourth-order valence-corrected chi connectivity index (χ4v) is 3.93. The number of benzene rings is 2. The van der Waals surface area contributed by atoms with Gasteiger partial charge in [0.2, 0.25) is 0 Å². The van der Waals surface area contributed by atoms with Crippen LogP contribution >= 0.6 is 23.2 Å². The third kappa shape index (κ3) is 2.95. The van der Waals surface area contributed by atoms with E-state index in [-0.39, 0.29) is 0 Å². The van der Waals surface area contributed by atoms with Gasteiger partial charge in [0.15, 0.2) is 5.60 Å². The van der Waals surface area contributed by atoms with Crippen molar-refractivity contribution in [3.05, 3.63) is 68.7 Å². The molecule has 23 heavy (non-hydrogen) atoms. The summed E-state index contributed by atoms with van der Waals surface area (Å²) >= 11 is 12.8. The number of aliphatic hydroxyl groups is 1. The van der Waals surface area contributed by atoms with Gasteiger partial charge in [-0.25, -0.2) is 0 Å². The molecule has 1 nitrogen and oxygen atoms in total. The number of hydrogen-bond acceptors (Lipinski definition) is 1. The lowest BCUT2D eigenvalue weighted by atomic mass is 9.75. The van der Waals surface area contributed by atoms with E-state index in [1.54, 1.807) is 0 Å². The minimum atomic E-state index is -1.64. The van der Waals surface area contributed by atoms with Gasteiger partial charge in [0, 0.05) is 27.6 Å². The second kappa shape index (κ2) is 5.68. The Hall–Kier alpha value is -1.24. The highest BCUT2D eigenvalue weighted by atomic mass is 35.5. The number of fused-ring (bicyclic) bond motifs is 2. The quantitative estimate of drug-likeness (QED) is 0.516. The molecule has 0 aromatic heterocycles. The molecule has 2 aromatic carbocycles. The van der Waals surface area contributed by atoms with E-state index in [1.807, 2.05) is 36.4 Å². The molecule has 0 spiro atoms. The molecule has 1 aliphatic carbocycles. The summed E-state index contributed by atoms with van der Waals surface area (Å²) in [6.07, 6.45) is 0.612. The van der Waals surface area contributed by atoms with Crippen molar-refractivity contribution >= 4 is 31.3 Å². The first-order valence-electron chi connectivity index (χ1n) is 7.55. The van der Waals surface area contributed by atoms with Crippen LogP contribution in [0.5, 0.6) is 0 Å². The maximum Gasteiger partial charge on any atom is 0.176 e. The van der Waals surface area contributed by atoms with Gasteiger partial charge in [0.05, 0.1) is 0 Å². The fourth-order valence-electron chi connectivity index (χ4n) is 2.89. The van der Waals surface area contributed by atoms with Gasteiger partial charge in [-0.05, 0) is 23.3 Å². The number of rotatable bonds is 0. The lowest BCUT2D eigenvalue weighted by Gasteiger charge is -2.34. The molecule has 3 rings (SSSR count). The molecule has 0 radical (unpaired) electrons. The first-order valence-corrected chi connectivity index (χ1v) is 11.8. The van der Waals surface area contributed by atoms with Crippen LogP contribution in [-0.2, 0) is 12.0 Å². The largest absolute Gasteiger partial charge is 0.369 e. The zero-order chi connectivity index (χ0) is 16.8. The first-order chi connectivity index (χ1) is 10.7. The minimum Gasteiger partial charge on any atom is -0.369 e. The average molecular weight is 361 g/mol. The van der Waals surface area contributed by atoms with Crippen molar-refractivity contribution in [2.45, 2.75) is 31.7 Å². The molecule has 1 aliphatic rings. The second-order valence-corrected chi connectivity index (χ2v) is 12.5. The molecule has 0 bridgehead atoms. The standard InChI is InChI=1S/C19H18Cl2OSi/c1-23(2,3)11-10-19(22)15-6-4-8-17(20)13(15)12-14-16(19)7-5-9-18(14)21/h4-9,22H,12H2,1-3H3. The number of halogens is 2. The molecule has 0 atom stereocenters. The molecule has 2 aromatic rings. The highest BCUT2D eigenvalue weighted by Gasteiger charge is 2.39. The van der Waals surface area contributed by atoms with Crippen molar-refractivity contribution in [1.29, 1.82) is 0 Å². The Kier molecular flexibility index (Phi) is 4.10. The van der Waals surface area contributed by atoms with E-state index < -0.39 is 13.7 Å². The van der Waals surface area contributed by atoms with E-state index >= 15 is 0 Å². The second-order valence-electron chi connectivity index (χ2n) is 6.92. The van der Waals surface area contributed by atoms with E-state index in [2.05, 4.69) is 31.1 Å². The summed E-state index contributed by atoms with van der Waals surface area (Å²) in [4.78, 5) is 0. The third-order valence-electron chi connectivity index (χ3n) is 3.99. The average Bonchev–Trinajstić information content (AvgIpc) is 2.47. The zero-order valence-electron chi connectivity index (χ0n) is 13.4. The van der Waals surface area contributed by atoms with Crippen molar-refractivity contribution in [2.24, 2.45) is 0 Å². The van der Waals surface area contributed by atoms with Crippen LogP contribution in [0, 0.1) is 11.5 Å². The van der Waals surface area contributed by atoms with Crippen LogP contribution in [0.4, 0.5) is 0 Å². The van der Waals surface area contributed by atoms with Crippen molar-refractivity contribution < 1.29 is 5.11 Å². The van der Waals surface area contributed by atoms with Crippen LogP contribution in [0.1, 0.15) is 22.3 Å². The molecule has 0 saturated carbocycles. The molecule has 4 heteroatoms. The molecule has 0 heterocycles. The highest BCUT2D eigenvalue weighted by Crippen LogP contribution is 2.44. The Morgan fingerprint density at radius 3 is 1.87 bits per heavy atom. The van der Waals surface area contributed by atoms with Gasteiger partial charge < -0.3 is 5.11 Å². The molecular formula is C19H18Cl2OSi. The Morgan fingerprint density at radius 1 is 0.957 bits per heavy atom. The lowest BCUT2D eigenvalue weighted by Crippen LogP contribution is -2.33. The van der Waals surface area contributed by atoms with Gasteiger partial charge in [0.1, 0.15) is 8.07 Å². The van der Waals surface area contributed by atoms with Gasteiger partial charge in [-0.15, -0.1) is 5.54 Å². The Morgan fingerprint density at radius 2 is 1.43 bits per heavy atom. The minimum absolute atomic E-state index is 0.612. The molecule has 0 unspecified atom stereocenters. The van der Waals surface area contributed by atoms with Gasteiger partial charge in [-0.1, -0.05) is 73.0 Å². The summed E-state index contributed by atoms with van der Waals surface area (Å²) in [5, 5.41) is 12.8. The van der Waals surface area contributed by atoms with E-state index in [9.17, 15) is 5.11 Å². The van der Waals surface area contributed by atoms with Crippen LogP contribution in [0.25, 0.3) is 0 Å². The first kappa shape index (κ1) is 16.6. The maximum atomic E-state index is 11.5. The molecule has 0 amide bonds.